The number of nitrogens with zero attached hydrogens (tertiary/aromatic N) is 3. The number of ether oxygens (including phenoxy) is 1. The number of para-hydroxylation sites is 2. The summed E-state index contributed by atoms with van der Waals surface area (Å²) >= 11 is 1.38. The molecule has 0 aliphatic carbocycles. The van der Waals surface area contributed by atoms with E-state index in [2.05, 4.69) is 30.9 Å². The average Bonchev–Trinajstić information content (AvgIpc) is 3.11. The molecule has 1 aromatic carbocycles. The Morgan fingerprint density at radius 3 is 2.68 bits per heavy atom. The molecule has 3 rings (SSSR count). The van der Waals surface area contributed by atoms with Gasteiger partial charge in [-0.1, -0.05) is 32.9 Å². The van der Waals surface area contributed by atoms with Gasteiger partial charge in [0.15, 0.2) is 5.58 Å². The first kappa shape index (κ1) is 17.5. The Bertz CT molecular complexity index is 844. The van der Waals surface area contributed by atoms with E-state index in [9.17, 15) is 4.79 Å². The van der Waals surface area contributed by atoms with Crippen LogP contribution < -0.4 is 0 Å². The molecular weight excluding hydrogens is 338 g/mol. The molecule has 0 amide bonds. The molecule has 0 N–H and O–H groups in total. The topological polar surface area (TPSA) is 67.9 Å². The second-order valence-electron chi connectivity index (χ2n) is 6.67. The predicted molar refractivity (Wildman–Crippen MR) is 99.8 cm³/mol. The average molecular weight is 359 g/mol. The van der Waals surface area contributed by atoms with E-state index in [-0.39, 0.29) is 17.9 Å². The van der Waals surface area contributed by atoms with Crippen LogP contribution in [-0.4, -0.2) is 34.7 Å². The van der Waals surface area contributed by atoms with Crippen molar-refractivity contribution in [3.63, 3.8) is 0 Å². The van der Waals surface area contributed by atoms with Crippen LogP contribution >= 0.6 is 11.9 Å². The second-order valence-corrected chi connectivity index (χ2v) is 7.78. The molecule has 0 radical (unpaired) electrons. The summed E-state index contributed by atoms with van der Waals surface area (Å²) in [6.45, 7) is 8.22. The number of esters is 1. The molecule has 132 valence electrons. The zero-order valence-electron chi connectivity index (χ0n) is 15.0. The number of oxazole rings is 1. The molecule has 2 aromatic rings. The van der Waals surface area contributed by atoms with Gasteiger partial charge in [-0.25, -0.2) is 14.2 Å². The van der Waals surface area contributed by atoms with Crippen LogP contribution in [0, 0.1) is 5.41 Å². The van der Waals surface area contributed by atoms with E-state index in [1.807, 2.05) is 31.3 Å². The Labute approximate surface area is 151 Å². The Hall–Kier alpha value is -2.28. The maximum Gasteiger partial charge on any atom is 0.344 e. The quantitative estimate of drug-likeness (QED) is 0.467. The van der Waals surface area contributed by atoms with Gasteiger partial charge in [0.25, 0.3) is 0 Å². The third-order valence-electron chi connectivity index (χ3n) is 3.60. The number of hydrogen-bond acceptors (Lipinski definition) is 7. The lowest BCUT2D eigenvalue weighted by Gasteiger charge is -2.19. The molecule has 1 aliphatic rings. The van der Waals surface area contributed by atoms with Crippen molar-refractivity contribution in [2.45, 2.75) is 27.7 Å². The van der Waals surface area contributed by atoms with Crippen molar-refractivity contribution in [2.75, 3.05) is 13.7 Å². The molecule has 0 unspecified atom stereocenters. The summed E-state index contributed by atoms with van der Waals surface area (Å²) in [5.74, 6) is -0.196. The van der Waals surface area contributed by atoms with Gasteiger partial charge in [-0.3, -0.25) is 0 Å². The van der Waals surface area contributed by atoms with E-state index >= 15 is 0 Å². The van der Waals surface area contributed by atoms with Gasteiger partial charge >= 0.3 is 5.97 Å². The van der Waals surface area contributed by atoms with Crippen LogP contribution in [0.15, 0.2) is 38.7 Å². The first-order chi connectivity index (χ1) is 11.8. The van der Waals surface area contributed by atoms with Crippen molar-refractivity contribution in [2.24, 2.45) is 10.5 Å². The van der Waals surface area contributed by atoms with Crippen molar-refractivity contribution in [3.8, 4) is 0 Å². The van der Waals surface area contributed by atoms with Crippen molar-refractivity contribution in [3.05, 3.63) is 35.1 Å². The molecule has 6 nitrogen and oxygen atoms in total. The zero-order chi connectivity index (χ0) is 18.2. The molecule has 0 saturated heterocycles. The highest BCUT2D eigenvalue weighted by Gasteiger charge is 2.36. The van der Waals surface area contributed by atoms with Crippen LogP contribution in [-0.2, 0) is 9.53 Å². The molecule has 0 bridgehead atoms. The molecule has 1 aliphatic heterocycles. The number of carbonyl (C=O) groups excluding carboxylic acids is 1. The minimum Gasteiger partial charge on any atom is -0.462 e. The summed E-state index contributed by atoms with van der Waals surface area (Å²) in [5, 5.41) is 4.56. The number of benzene rings is 1. The molecule has 0 spiro atoms. The Morgan fingerprint density at radius 1 is 1.32 bits per heavy atom. The third kappa shape index (κ3) is 3.42. The largest absolute Gasteiger partial charge is 0.462 e. The number of fused-ring (bicyclic) bond motifs is 1. The van der Waals surface area contributed by atoms with Gasteiger partial charge in [0, 0.05) is 24.4 Å². The fourth-order valence-electron chi connectivity index (χ4n) is 2.50. The van der Waals surface area contributed by atoms with E-state index in [4.69, 9.17) is 9.15 Å². The lowest BCUT2D eigenvalue weighted by atomic mass is 9.88. The maximum absolute atomic E-state index is 12.7. The van der Waals surface area contributed by atoms with Gasteiger partial charge in [0.2, 0.25) is 5.89 Å². The highest BCUT2D eigenvalue weighted by atomic mass is 32.2. The van der Waals surface area contributed by atoms with Gasteiger partial charge in [0.05, 0.1) is 17.2 Å². The predicted octanol–water partition coefficient (Wildman–Crippen LogP) is 4.10. The van der Waals surface area contributed by atoms with E-state index in [0.29, 0.717) is 16.7 Å². The number of allylic oxidation sites excluding steroid dienone is 1. The standard InChI is InChI=1S/C18H21N3O3S/c1-6-23-17(22)13(14-15(18(2,3)4)20-21(5)25-14)16-19-11-9-7-8-10-12(11)24-16/h7-10H,6H2,1-5H3/b14-13-. The molecule has 1 aromatic heterocycles. The summed E-state index contributed by atoms with van der Waals surface area (Å²) in [5.41, 5.74) is 2.22. The molecule has 0 fully saturated rings. The van der Waals surface area contributed by atoms with Gasteiger partial charge in [0.1, 0.15) is 11.1 Å². The highest BCUT2D eigenvalue weighted by Crippen LogP contribution is 2.41. The van der Waals surface area contributed by atoms with Crippen molar-refractivity contribution in [1.82, 2.24) is 9.40 Å². The fraction of sp³-hybridized carbons (Fsp3) is 0.389. The molecule has 25 heavy (non-hydrogen) atoms. The summed E-state index contributed by atoms with van der Waals surface area (Å²) < 4.78 is 12.9. The fourth-order valence-corrected chi connectivity index (χ4v) is 3.58. The highest BCUT2D eigenvalue weighted by molar-refractivity contribution is 8.02. The lowest BCUT2D eigenvalue weighted by Crippen LogP contribution is -2.22. The van der Waals surface area contributed by atoms with E-state index < -0.39 is 5.97 Å². The zero-order valence-corrected chi connectivity index (χ0v) is 15.8. The van der Waals surface area contributed by atoms with E-state index in [0.717, 1.165) is 10.6 Å². The van der Waals surface area contributed by atoms with Crippen LogP contribution in [0.1, 0.15) is 33.6 Å². The molecule has 2 heterocycles. The lowest BCUT2D eigenvalue weighted by molar-refractivity contribution is -0.136. The van der Waals surface area contributed by atoms with Crippen LogP contribution in [0.4, 0.5) is 0 Å². The van der Waals surface area contributed by atoms with E-state index in [1.165, 1.54) is 11.9 Å². The number of hydrazone groups is 1. The van der Waals surface area contributed by atoms with Crippen molar-refractivity contribution < 1.29 is 13.9 Å². The number of rotatable bonds is 3. The van der Waals surface area contributed by atoms with Gasteiger partial charge in [-0.2, -0.15) is 5.10 Å². The molecule has 0 saturated carbocycles. The smallest absolute Gasteiger partial charge is 0.344 e. The first-order valence-corrected chi connectivity index (χ1v) is 8.87. The van der Waals surface area contributed by atoms with Gasteiger partial charge in [-0.15, -0.1) is 0 Å². The minimum absolute atomic E-state index is 0.239. The Balaban J connectivity index is 2.21. The van der Waals surface area contributed by atoms with Crippen LogP contribution in [0.3, 0.4) is 0 Å². The monoisotopic (exact) mass is 359 g/mol. The second kappa shape index (κ2) is 6.55. The maximum atomic E-state index is 12.7. The summed E-state index contributed by atoms with van der Waals surface area (Å²) in [7, 11) is 1.85. The SMILES string of the molecule is CCOC(=O)/C(=C1\SN(C)N=C1C(C)(C)C)c1nc2ccccc2o1. The Kier molecular flexibility index (Phi) is 4.60. The number of carbonyl (C=O) groups is 1. The Morgan fingerprint density at radius 2 is 2.04 bits per heavy atom. The summed E-state index contributed by atoms with van der Waals surface area (Å²) in [4.78, 5) is 17.9. The van der Waals surface area contributed by atoms with Crippen molar-refractivity contribution in [1.29, 1.82) is 0 Å². The molecular formula is C18H21N3O3S. The van der Waals surface area contributed by atoms with Gasteiger partial charge < -0.3 is 9.15 Å². The van der Waals surface area contributed by atoms with Crippen LogP contribution in [0.25, 0.3) is 16.7 Å². The number of hydrogen-bond donors (Lipinski definition) is 0. The van der Waals surface area contributed by atoms with E-state index in [1.54, 1.807) is 11.3 Å². The normalized spacial score (nSPS) is 17.0. The summed E-state index contributed by atoms with van der Waals surface area (Å²) in [6, 6.07) is 7.43. The van der Waals surface area contributed by atoms with Crippen LogP contribution in [0.5, 0.6) is 0 Å². The molecule has 7 heteroatoms. The number of aromatic nitrogens is 1. The van der Waals surface area contributed by atoms with Crippen molar-refractivity contribution >= 4 is 40.3 Å². The van der Waals surface area contributed by atoms with Gasteiger partial charge in [-0.05, 0) is 19.1 Å². The minimum atomic E-state index is -0.455. The first-order valence-electron chi connectivity index (χ1n) is 8.09. The third-order valence-corrected chi connectivity index (χ3v) is 4.53. The summed E-state index contributed by atoms with van der Waals surface area (Å²) in [6.07, 6.45) is 0. The van der Waals surface area contributed by atoms with Crippen LogP contribution in [0.2, 0.25) is 0 Å². The molecule has 0 atom stereocenters.